The van der Waals surface area contributed by atoms with Gasteiger partial charge in [0.15, 0.2) is 16.6 Å². The first-order valence-electron chi connectivity index (χ1n) is 11.3. The molecule has 8 heteroatoms. The van der Waals surface area contributed by atoms with E-state index in [0.29, 0.717) is 35.4 Å². The van der Waals surface area contributed by atoms with E-state index in [-0.39, 0.29) is 12.3 Å². The van der Waals surface area contributed by atoms with Crippen LogP contribution in [0.25, 0.3) is 10.2 Å². The van der Waals surface area contributed by atoms with Gasteiger partial charge in [-0.3, -0.25) is 9.69 Å². The zero-order valence-electron chi connectivity index (χ0n) is 20.2. The molecule has 0 radical (unpaired) electrons. The Balaban J connectivity index is 1.64. The Bertz CT molecular complexity index is 1240. The van der Waals surface area contributed by atoms with Gasteiger partial charge in [-0.25, -0.2) is 4.98 Å². The Labute approximate surface area is 208 Å². The number of aromatic nitrogens is 1. The van der Waals surface area contributed by atoms with Gasteiger partial charge in [0.2, 0.25) is 11.7 Å². The molecule has 0 unspecified atom stereocenters. The highest BCUT2D eigenvalue weighted by atomic mass is 32.1. The molecule has 0 saturated heterocycles. The number of aryl methyl sites for hydroxylation is 1. The number of methoxy groups -OCH3 is 3. The van der Waals surface area contributed by atoms with Gasteiger partial charge in [-0.05, 0) is 67.4 Å². The van der Waals surface area contributed by atoms with E-state index in [1.54, 1.807) is 26.2 Å². The van der Waals surface area contributed by atoms with E-state index < -0.39 is 0 Å². The molecule has 4 aromatic rings. The molecule has 0 aliphatic carbocycles. The standard InChI is InChI=1S/C27H28N2O5S/c1-5-34-20-13-11-19(12-14-20)29(27-28-21-8-6-7-9-24(21)35-27)25(30)15-10-18-16-22(31-2)26(33-4)23(17-18)32-3/h6-9,11-14,16-17H,5,10,15H2,1-4H3. The lowest BCUT2D eigenvalue weighted by atomic mass is 10.1. The summed E-state index contributed by atoms with van der Waals surface area (Å²) >= 11 is 1.49. The highest BCUT2D eigenvalue weighted by Gasteiger charge is 2.22. The van der Waals surface area contributed by atoms with Crippen molar-refractivity contribution in [2.45, 2.75) is 19.8 Å². The molecule has 0 fully saturated rings. The van der Waals surface area contributed by atoms with E-state index in [4.69, 9.17) is 23.9 Å². The summed E-state index contributed by atoms with van der Waals surface area (Å²) in [5.74, 6) is 2.33. The van der Waals surface area contributed by atoms with E-state index in [2.05, 4.69) is 0 Å². The Kier molecular flexibility index (Phi) is 7.72. The Morgan fingerprint density at radius 3 is 2.23 bits per heavy atom. The summed E-state index contributed by atoms with van der Waals surface area (Å²) in [6, 6.07) is 19.1. The van der Waals surface area contributed by atoms with Crippen molar-refractivity contribution in [2.75, 3.05) is 32.8 Å². The first-order chi connectivity index (χ1) is 17.1. The number of benzene rings is 3. The van der Waals surface area contributed by atoms with Crippen molar-refractivity contribution in [2.24, 2.45) is 0 Å². The van der Waals surface area contributed by atoms with E-state index in [1.807, 2.05) is 67.6 Å². The largest absolute Gasteiger partial charge is 0.494 e. The molecule has 0 aliphatic rings. The number of anilines is 2. The van der Waals surface area contributed by atoms with Gasteiger partial charge in [0, 0.05) is 6.42 Å². The molecule has 0 saturated carbocycles. The average molecular weight is 493 g/mol. The summed E-state index contributed by atoms with van der Waals surface area (Å²) in [6.45, 7) is 2.52. The van der Waals surface area contributed by atoms with Crippen molar-refractivity contribution < 1.29 is 23.7 Å². The van der Waals surface area contributed by atoms with Crippen LogP contribution in [-0.2, 0) is 11.2 Å². The van der Waals surface area contributed by atoms with Gasteiger partial charge in [-0.2, -0.15) is 0 Å². The summed E-state index contributed by atoms with van der Waals surface area (Å²) in [7, 11) is 4.72. The summed E-state index contributed by atoms with van der Waals surface area (Å²) in [6.07, 6.45) is 0.760. The number of hydrogen-bond acceptors (Lipinski definition) is 7. The van der Waals surface area contributed by atoms with Crippen LogP contribution in [0.4, 0.5) is 10.8 Å². The summed E-state index contributed by atoms with van der Waals surface area (Å²) in [5.41, 5.74) is 2.51. The van der Waals surface area contributed by atoms with Crippen molar-refractivity contribution in [3.63, 3.8) is 0 Å². The topological polar surface area (TPSA) is 70.1 Å². The number of rotatable bonds is 10. The number of carbonyl (C=O) groups excluding carboxylic acids is 1. The third-order valence-corrected chi connectivity index (χ3v) is 6.50. The minimum atomic E-state index is -0.0676. The number of hydrogen-bond donors (Lipinski definition) is 0. The van der Waals surface area contributed by atoms with Gasteiger partial charge < -0.3 is 18.9 Å². The third kappa shape index (κ3) is 5.33. The van der Waals surface area contributed by atoms with Gasteiger partial charge >= 0.3 is 0 Å². The number of nitrogens with zero attached hydrogens (tertiary/aromatic N) is 2. The first-order valence-corrected chi connectivity index (χ1v) is 12.1. The summed E-state index contributed by atoms with van der Waals surface area (Å²) in [4.78, 5) is 20.0. The zero-order valence-corrected chi connectivity index (χ0v) is 21.1. The van der Waals surface area contributed by atoms with E-state index >= 15 is 0 Å². The molecular weight excluding hydrogens is 464 g/mol. The predicted octanol–water partition coefficient (Wildman–Crippen LogP) is 6.02. The van der Waals surface area contributed by atoms with Gasteiger partial charge in [-0.15, -0.1) is 0 Å². The molecule has 4 rings (SSSR count). The van der Waals surface area contributed by atoms with E-state index in [1.165, 1.54) is 11.3 Å². The maximum absolute atomic E-state index is 13.6. The Hall–Kier alpha value is -3.78. The molecule has 0 N–H and O–H groups in total. The predicted molar refractivity (Wildman–Crippen MR) is 139 cm³/mol. The van der Waals surface area contributed by atoms with Crippen LogP contribution < -0.4 is 23.8 Å². The van der Waals surface area contributed by atoms with Crippen molar-refractivity contribution in [1.29, 1.82) is 0 Å². The lowest BCUT2D eigenvalue weighted by Crippen LogP contribution is -2.26. The second-order valence-corrected chi connectivity index (χ2v) is 8.66. The van der Waals surface area contributed by atoms with E-state index in [9.17, 15) is 4.79 Å². The molecule has 0 aliphatic heterocycles. The smallest absolute Gasteiger partial charge is 0.233 e. The second kappa shape index (κ2) is 11.1. The number of ether oxygens (including phenoxy) is 4. The van der Waals surface area contributed by atoms with Gasteiger partial charge in [0.05, 0.1) is 43.8 Å². The zero-order chi connectivity index (χ0) is 24.8. The van der Waals surface area contributed by atoms with Crippen LogP contribution in [-0.4, -0.2) is 38.8 Å². The fourth-order valence-corrected chi connectivity index (χ4v) is 4.82. The molecule has 7 nitrogen and oxygen atoms in total. The number of thiazole rings is 1. The van der Waals surface area contributed by atoms with Crippen molar-refractivity contribution in [3.8, 4) is 23.0 Å². The minimum Gasteiger partial charge on any atom is -0.494 e. The molecule has 1 amide bonds. The normalized spacial score (nSPS) is 10.7. The fraction of sp³-hybridized carbons (Fsp3) is 0.259. The number of para-hydroxylation sites is 1. The van der Waals surface area contributed by atoms with Crippen LogP contribution in [0.3, 0.4) is 0 Å². The molecule has 3 aromatic carbocycles. The van der Waals surface area contributed by atoms with Crippen molar-refractivity contribution in [1.82, 2.24) is 4.98 Å². The minimum absolute atomic E-state index is 0.0676. The molecule has 1 aromatic heterocycles. The maximum atomic E-state index is 13.6. The van der Waals surface area contributed by atoms with Crippen molar-refractivity contribution in [3.05, 3.63) is 66.2 Å². The number of fused-ring (bicyclic) bond motifs is 1. The monoisotopic (exact) mass is 492 g/mol. The highest BCUT2D eigenvalue weighted by molar-refractivity contribution is 7.22. The lowest BCUT2D eigenvalue weighted by Gasteiger charge is -2.21. The van der Waals surface area contributed by atoms with Crippen LogP contribution in [0.5, 0.6) is 23.0 Å². The molecule has 1 heterocycles. The van der Waals surface area contributed by atoms with Gasteiger partial charge in [0.1, 0.15) is 5.75 Å². The lowest BCUT2D eigenvalue weighted by molar-refractivity contribution is -0.117. The summed E-state index contributed by atoms with van der Waals surface area (Å²) in [5, 5.41) is 0.630. The first kappa shape index (κ1) is 24.3. The van der Waals surface area contributed by atoms with Crippen LogP contribution in [0.1, 0.15) is 18.9 Å². The summed E-state index contributed by atoms with van der Waals surface area (Å²) < 4.78 is 22.9. The maximum Gasteiger partial charge on any atom is 0.233 e. The van der Waals surface area contributed by atoms with Crippen LogP contribution in [0, 0.1) is 0 Å². The molecule has 35 heavy (non-hydrogen) atoms. The van der Waals surface area contributed by atoms with Gasteiger partial charge in [-0.1, -0.05) is 23.5 Å². The fourth-order valence-electron chi connectivity index (χ4n) is 3.82. The third-order valence-electron chi connectivity index (χ3n) is 5.48. The molecule has 0 spiro atoms. The van der Waals surface area contributed by atoms with Crippen LogP contribution >= 0.6 is 11.3 Å². The quantitative estimate of drug-likeness (QED) is 0.270. The number of amides is 1. The number of carbonyl (C=O) groups is 1. The van der Waals surface area contributed by atoms with Crippen LogP contribution in [0.2, 0.25) is 0 Å². The molecular formula is C27H28N2O5S. The average Bonchev–Trinajstić information content (AvgIpc) is 3.31. The Morgan fingerprint density at radius 2 is 1.63 bits per heavy atom. The van der Waals surface area contributed by atoms with Crippen LogP contribution in [0.15, 0.2) is 60.7 Å². The molecule has 182 valence electrons. The molecule has 0 atom stereocenters. The van der Waals surface area contributed by atoms with E-state index in [0.717, 1.165) is 27.2 Å². The van der Waals surface area contributed by atoms with Gasteiger partial charge in [0.25, 0.3) is 0 Å². The molecule has 0 bridgehead atoms. The highest BCUT2D eigenvalue weighted by Crippen LogP contribution is 2.39. The van der Waals surface area contributed by atoms with Crippen molar-refractivity contribution >= 4 is 38.3 Å². The second-order valence-electron chi connectivity index (χ2n) is 7.65. The SMILES string of the molecule is CCOc1ccc(N(C(=O)CCc2cc(OC)c(OC)c(OC)c2)c2nc3ccccc3s2)cc1. The Morgan fingerprint density at radius 1 is 0.943 bits per heavy atom.